The van der Waals surface area contributed by atoms with Crippen molar-refractivity contribution in [2.45, 2.75) is 69.4 Å². The maximum atomic E-state index is 14.5. The van der Waals surface area contributed by atoms with Crippen molar-refractivity contribution >= 4 is 17.7 Å². The highest BCUT2D eigenvalue weighted by Crippen LogP contribution is 2.65. The average Bonchev–Trinajstić information content (AvgIpc) is 3.53. The first kappa shape index (κ1) is 28.0. The lowest BCUT2D eigenvalue weighted by atomic mass is 9.64. The van der Waals surface area contributed by atoms with Crippen LogP contribution in [0.5, 0.6) is 0 Å². The number of aliphatic hydroxyl groups excluding tert-OH is 1. The Hall–Kier alpha value is -2.97. The number of fused-ring (bicyclic) bond motifs is 1. The number of hydrogen-bond acceptors (Lipinski definition) is 5. The minimum atomic E-state index is -1.13. The quantitative estimate of drug-likeness (QED) is 0.426. The fourth-order valence-electron chi connectivity index (χ4n) is 7.00. The van der Waals surface area contributed by atoms with E-state index in [0.717, 1.165) is 5.56 Å². The summed E-state index contributed by atoms with van der Waals surface area (Å²) in [6.07, 6.45) is 5.48. The van der Waals surface area contributed by atoms with Gasteiger partial charge in [-0.05, 0) is 31.2 Å². The number of amides is 3. The molecule has 1 N–H and O–H groups in total. The summed E-state index contributed by atoms with van der Waals surface area (Å²) in [6, 6.07) is 8.20. The summed E-state index contributed by atoms with van der Waals surface area (Å²) in [5.41, 5.74) is -0.971. The van der Waals surface area contributed by atoms with Gasteiger partial charge >= 0.3 is 0 Å². The monoisotopic (exact) mass is 523 g/mol. The first-order valence-electron chi connectivity index (χ1n) is 13.7. The smallest absolute Gasteiger partial charge is 0.249 e. The molecule has 3 saturated heterocycles. The number of carbonyl (C=O) groups excluding carboxylic acids is 3. The van der Waals surface area contributed by atoms with Crippen molar-refractivity contribution in [3.05, 3.63) is 61.2 Å². The third-order valence-corrected chi connectivity index (χ3v) is 8.85. The molecule has 6 atom stereocenters. The van der Waals surface area contributed by atoms with E-state index in [9.17, 15) is 19.5 Å². The summed E-state index contributed by atoms with van der Waals surface area (Å²) in [4.78, 5) is 47.4. The third-order valence-electron chi connectivity index (χ3n) is 8.85. The van der Waals surface area contributed by atoms with E-state index in [1.165, 1.54) is 0 Å². The standard InChI is InChI=1S/C30H41N3O5/c1-6-17-31(5)26(35)23-24-27(36)33(22(8-3)20-34)25(30(24)16-15-29(23,9-4)38-30)28(37)32(18-7-2)19-21-13-11-10-12-14-21/h6-7,10-14,22-25,34H,1-2,8-9,15-20H2,3-5H3/t22-,23+,24-,25?,29-,30?/m0/s1. The van der Waals surface area contributed by atoms with Crippen LogP contribution in [0.25, 0.3) is 0 Å². The van der Waals surface area contributed by atoms with Gasteiger partial charge in [-0.15, -0.1) is 13.2 Å². The summed E-state index contributed by atoms with van der Waals surface area (Å²) < 4.78 is 6.84. The molecule has 1 spiro atoms. The van der Waals surface area contributed by atoms with Crippen LogP contribution >= 0.6 is 0 Å². The van der Waals surface area contributed by atoms with Crippen LogP contribution in [-0.4, -0.2) is 87.6 Å². The van der Waals surface area contributed by atoms with Gasteiger partial charge in [0, 0.05) is 26.7 Å². The molecule has 3 aliphatic rings. The number of nitrogens with zero attached hydrogens (tertiary/aromatic N) is 3. The Labute approximate surface area is 225 Å². The van der Waals surface area contributed by atoms with Crippen molar-refractivity contribution in [1.82, 2.24) is 14.7 Å². The number of likely N-dealkylation sites (N-methyl/N-ethyl adjacent to an activating group) is 1. The molecule has 38 heavy (non-hydrogen) atoms. The maximum absolute atomic E-state index is 14.5. The summed E-state index contributed by atoms with van der Waals surface area (Å²) in [5.74, 6) is -2.16. The topological polar surface area (TPSA) is 90.4 Å². The second-order valence-electron chi connectivity index (χ2n) is 10.8. The zero-order valence-electron chi connectivity index (χ0n) is 22.8. The Balaban J connectivity index is 1.81. The fraction of sp³-hybridized carbons (Fsp3) is 0.567. The number of benzene rings is 1. The first-order chi connectivity index (χ1) is 18.2. The van der Waals surface area contributed by atoms with Crippen molar-refractivity contribution in [2.24, 2.45) is 11.8 Å². The van der Waals surface area contributed by atoms with Gasteiger partial charge in [-0.25, -0.2) is 0 Å². The minimum absolute atomic E-state index is 0.163. The Bertz CT molecular complexity index is 1070. The number of ether oxygens (including phenoxy) is 1. The fourth-order valence-corrected chi connectivity index (χ4v) is 7.00. The molecule has 0 radical (unpaired) electrons. The molecule has 3 heterocycles. The van der Waals surface area contributed by atoms with E-state index in [-0.39, 0.29) is 24.3 Å². The lowest BCUT2D eigenvalue weighted by molar-refractivity contribution is -0.158. The highest BCUT2D eigenvalue weighted by atomic mass is 16.5. The Kier molecular flexibility index (Phi) is 8.14. The van der Waals surface area contributed by atoms with Crippen LogP contribution in [0, 0.1) is 11.8 Å². The van der Waals surface area contributed by atoms with Crippen molar-refractivity contribution < 1.29 is 24.2 Å². The SMILES string of the molecule is C=CCN(C)C(=O)[C@H]1[C@H]2C(=O)N([C@@H](CC)CO)C(C(=O)N(CC=C)Cc3ccccc3)C23CC[C@]1(CC)O3. The Morgan fingerprint density at radius 2 is 1.84 bits per heavy atom. The molecular weight excluding hydrogens is 482 g/mol. The molecule has 8 heteroatoms. The van der Waals surface area contributed by atoms with Crippen molar-refractivity contribution in [1.29, 1.82) is 0 Å². The van der Waals surface area contributed by atoms with Gasteiger partial charge in [-0.3, -0.25) is 14.4 Å². The number of rotatable bonds is 12. The number of hydrogen-bond donors (Lipinski definition) is 1. The minimum Gasteiger partial charge on any atom is -0.394 e. The van der Waals surface area contributed by atoms with Gasteiger partial charge in [0.25, 0.3) is 0 Å². The van der Waals surface area contributed by atoms with Gasteiger partial charge in [-0.1, -0.05) is 56.3 Å². The van der Waals surface area contributed by atoms with Crippen LogP contribution in [0.1, 0.15) is 45.1 Å². The van der Waals surface area contributed by atoms with E-state index < -0.39 is 35.1 Å². The molecule has 3 fully saturated rings. The van der Waals surface area contributed by atoms with Crippen LogP contribution in [-0.2, 0) is 25.7 Å². The molecule has 1 aromatic carbocycles. The van der Waals surface area contributed by atoms with Crippen LogP contribution in [0.15, 0.2) is 55.6 Å². The molecule has 0 aromatic heterocycles. The molecule has 4 rings (SSSR count). The number of aliphatic hydroxyl groups is 1. The maximum Gasteiger partial charge on any atom is 0.249 e. The highest BCUT2D eigenvalue weighted by molar-refractivity contribution is 5.99. The molecule has 2 unspecified atom stereocenters. The van der Waals surface area contributed by atoms with Gasteiger partial charge in [0.1, 0.15) is 11.6 Å². The second-order valence-corrected chi connectivity index (χ2v) is 10.8. The summed E-state index contributed by atoms with van der Waals surface area (Å²) in [6.45, 7) is 12.2. The largest absolute Gasteiger partial charge is 0.394 e. The summed E-state index contributed by atoms with van der Waals surface area (Å²) in [5, 5.41) is 10.3. The van der Waals surface area contributed by atoms with Gasteiger partial charge in [0.05, 0.1) is 30.1 Å². The molecule has 0 saturated carbocycles. The zero-order valence-corrected chi connectivity index (χ0v) is 22.8. The zero-order chi connectivity index (χ0) is 27.7. The van der Waals surface area contributed by atoms with Crippen LogP contribution in [0.2, 0.25) is 0 Å². The number of likely N-dealkylation sites (tertiary alicyclic amines) is 1. The predicted molar refractivity (Wildman–Crippen MR) is 145 cm³/mol. The Morgan fingerprint density at radius 1 is 1.16 bits per heavy atom. The van der Waals surface area contributed by atoms with Crippen LogP contribution in [0.3, 0.4) is 0 Å². The van der Waals surface area contributed by atoms with E-state index in [4.69, 9.17) is 4.74 Å². The predicted octanol–water partition coefficient (Wildman–Crippen LogP) is 2.77. The third kappa shape index (κ3) is 4.28. The Morgan fingerprint density at radius 3 is 2.42 bits per heavy atom. The van der Waals surface area contributed by atoms with Gasteiger partial charge in [0.2, 0.25) is 17.7 Å². The molecule has 1 aromatic rings. The van der Waals surface area contributed by atoms with Crippen molar-refractivity contribution in [3.63, 3.8) is 0 Å². The summed E-state index contributed by atoms with van der Waals surface area (Å²) >= 11 is 0. The van der Waals surface area contributed by atoms with Crippen molar-refractivity contribution in [3.8, 4) is 0 Å². The van der Waals surface area contributed by atoms with E-state index >= 15 is 0 Å². The molecule has 2 bridgehead atoms. The number of carbonyl (C=O) groups is 3. The second kappa shape index (κ2) is 11.0. The normalized spacial score (nSPS) is 30.2. The van der Waals surface area contributed by atoms with E-state index in [1.807, 2.05) is 44.2 Å². The lowest BCUT2D eigenvalue weighted by Gasteiger charge is -2.39. The van der Waals surface area contributed by atoms with E-state index in [0.29, 0.717) is 45.3 Å². The molecule has 0 aliphatic carbocycles. The first-order valence-corrected chi connectivity index (χ1v) is 13.7. The molecule has 3 amide bonds. The van der Waals surface area contributed by atoms with E-state index in [1.54, 1.807) is 33.9 Å². The van der Waals surface area contributed by atoms with Crippen LogP contribution in [0.4, 0.5) is 0 Å². The average molecular weight is 524 g/mol. The summed E-state index contributed by atoms with van der Waals surface area (Å²) in [7, 11) is 1.71. The van der Waals surface area contributed by atoms with Gasteiger partial charge in [0.15, 0.2) is 0 Å². The van der Waals surface area contributed by atoms with Gasteiger partial charge < -0.3 is 24.5 Å². The molecule has 3 aliphatic heterocycles. The van der Waals surface area contributed by atoms with Gasteiger partial charge in [-0.2, -0.15) is 0 Å². The molecule has 206 valence electrons. The molecular formula is C30H41N3O5. The lowest BCUT2D eigenvalue weighted by Crippen LogP contribution is -2.58. The molecule has 8 nitrogen and oxygen atoms in total. The highest BCUT2D eigenvalue weighted by Gasteiger charge is 2.79. The van der Waals surface area contributed by atoms with Crippen molar-refractivity contribution in [2.75, 3.05) is 26.7 Å². The van der Waals surface area contributed by atoms with E-state index in [2.05, 4.69) is 13.2 Å². The van der Waals surface area contributed by atoms with Crippen LogP contribution < -0.4 is 0 Å².